The Morgan fingerprint density at radius 2 is 1.89 bits per heavy atom. The molecule has 0 aromatic carbocycles. The second-order valence-corrected chi connectivity index (χ2v) is 5.60. The molecule has 0 saturated heterocycles. The Bertz CT molecular complexity index is 398. The summed E-state index contributed by atoms with van der Waals surface area (Å²) in [4.78, 5) is 26.5. The van der Waals surface area contributed by atoms with E-state index in [-0.39, 0.29) is 30.8 Å². The molecule has 1 aliphatic rings. The van der Waals surface area contributed by atoms with Crippen LogP contribution in [0.2, 0.25) is 0 Å². The highest BCUT2D eigenvalue weighted by molar-refractivity contribution is 5.81. The summed E-state index contributed by atoms with van der Waals surface area (Å²) in [5.41, 5.74) is -0.774. The smallest absolute Gasteiger partial charge is 0.236 e. The van der Waals surface area contributed by atoms with Gasteiger partial charge in [0.15, 0.2) is 0 Å². The number of nitrogens with one attached hydrogen (secondary N) is 1. The van der Waals surface area contributed by atoms with Crippen molar-refractivity contribution in [1.82, 2.24) is 15.1 Å². The predicted molar refractivity (Wildman–Crippen MR) is 71.1 cm³/mol. The first-order chi connectivity index (χ1) is 8.78. The van der Waals surface area contributed by atoms with Gasteiger partial charge < -0.3 is 10.2 Å². The molecule has 0 spiro atoms. The Labute approximate surface area is 114 Å². The number of hydrogen-bond acceptors (Lipinski definition) is 4. The first-order valence-corrected chi connectivity index (χ1v) is 6.39. The zero-order chi connectivity index (χ0) is 14.6. The molecule has 1 fully saturated rings. The van der Waals surface area contributed by atoms with E-state index in [1.54, 1.807) is 33.0 Å². The van der Waals surface area contributed by atoms with Gasteiger partial charge in [-0.25, -0.2) is 0 Å². The molecule has 106 valence electrons. The van der Waals surface area contributed by atoms with Crippen LogP contribution in [0.4, 0.5) is 0 Å². The molecule has 2 amide bonds. The van der Waals surface area contributed by atoms with E-state index >= 15 is 0 Å². The van der Waals surface area contributed by atoms with Gasteiger partial charge in [0.05, 0.1) is 19.2 Å². The van der Waals surface area contributed by atoms with Gasteiger partial charge in [0.1, 0.15) is 5.54 Å². The fourth-order valence-electron chi connectivity index (χ4n) is 1.88. The molecule has 1 saturated carbocycles. The number of amides is 2. The van der Waals surface area contributed by atoms with Crippen molar-refractivity contribution in [2.75, 3.05) is 34.2 Å². The Morgan fingerprint density at radius 1 is 1.32 bits per heavy atom. The maximum Gasteiger partial charge on any atom is 0.236 e. The molecule has 1 rings (SSSR count). The predicted octanol–water partition coefficient (Wildman–Crippen LogP) is -0.185. The maximum atomic E-state index is 11.9. The van der Waals surface area contributed by atoms with Crippen molar-refractivity contribution >= 4 is 11.8 Å². The highest BCUT2D eigenvalue weighted by Crippen LogP contribution is 2.39. The molecule has 6 heteroatoms. The number of carbonyl (C=O) groups excluding carboxylic acids is 2. The van der Waals surface area contributed by atoms with E-state index in [4.69, 9.17) is 5.26 Å². The quantitative estimate of drug-likeness (QED) is 0.723. The topological polar surface area (TPSA) is 76.4 Å². The largest absolute Gasteiger partial charge is 0.348 e. The standard InChI is InChI=1S/C13H22N4O2/c1-13(9-14,10-5-6-10)15-11(18)7-17(4)8-12(19)16(2)3/h10H,5-8H2,1-4H3,(H,15,18)/t13-/m1/s1. The third-order valence-corrected chi connectivity index (χ3v) is 3.34. The molecular formula is C13H22N4O2. The lowest BCUT2D eigenvalue weighted by Gasteiger charge is -2.25. The molecular weight excluding hydrogens is 244 g/mol. The summed E-state index contributed by atoms with van der Waals surface area (Å²) >= 11 is 0. The highest BCUT2D eigenvalue weighted by atomic mass is 16.2. The summed E-state index contributed by atoms with van der Waals surface area (Å²) in [6.07, 6.45) is 1.97. The van der Waals surface area contributed by atoms with E-state index in [0.29, 0.717) is 0 Å². The molecule has 1 aliphatic carbocycles. The monoisotopic (exact) mass is 266 g/mol. The van der Waals surface area contributed by atoms with Crippen molar-refractivity contribution in [2.24, 2.45) is 5.92 Å². The van der Waals surface area contributed by atoms with E-state index in [2.05, 4.69) is 11.4 Å². The second kappa shape index (κ2) is 6.02. The Morgan fingerprint density at radius 3 is 2.32 bits per heavy atom. The van der Waals surface area contributed by atoms with Gasteiger partial charge in [0.25, 0.3) is 0 Å². The minimum Gasteiger partial charge on any atom is -0.348 e. The minimum atomic E-state index is -0.774. The number of nitriles is 1. The summed E-state index contributed by atoms with van der Waals surface area (Å²) < 4.78 is 0. The van der Waals surface area contributed by atoms with Gasteiger partial charge in [-0.15, -0.1) is 0 Å². The van der Waals surface area contributed by atoms with Crippen molar-refractivity contribution in [1.29, 1.82) is 5.26 Å². The number of rotatable bonds is 6. The summed E-state index contributed by atoms with van der Waals surface area (Å²) in [6, 6.07) is 2.18. The van der Waals surface area contributed by atoms with Crippen LogP contribution < -0.4 is 5.32 Å². The van der Waals surface area contributed by atoms with Crippen LogP contribution in [-0.2, 0) is 9.59 Å². The SMILES string of the molecule is CN(CC(=O)N[C@](C)(C#N)C1CC1)CC(=O)N(C)C. The number of hydrogen-bond donors (Lipinski definition) is 1. The van der Waals surface area contributed by atoms with Crippen LogP contribution in [-0.4, -0.2) is 61.4 Å². The number of likely N-dealkylation sites (N-methyl/N-ethyl adjacent to an activating group) is 2. The summed E-state index contributed by atoms with van der Waals surface area (Å²) in [7, 11) is 5.06. The minimum absolute atomic E-state index is 0.0551. The Hall–Kier alpha value is -1.61. The molecule has 19 heavy (non-hydrogen) atoms. The van der Waals surface area contributed by atoms with Gasteiger partial charge in [-0.1, -0.05) is 0 Å². The molecule has 0 unspecified atom stereocenters. The molecule has 0 aromatic rings. The number of carbonyl (C=O) groups is 2. The van der Waals surface area contributed by atoms with Crippen LogP contribution >= 0.6 is 0 Å². The van der Waals surface area contributed by atoms with Crippen LogP contribution in [0.3, 0.4) is 0 Å². The van der Waals surface area contributed by atoms with Crippen LogP contribution in [0.25, 0.3) is 0 Å². The van der Waals surface area contributed by atoms with Gasteiger partial charge in [-0.2, -0.15) is 5.26 Å². The average molecular weight is 266 g/mol. The third-order valence-electron chi connectivity index (χ3n) is 3.34. The zero-order valence-corrected chi connectivity index (χ0v) is 12.1. The Kier molecular flexibility index (Phi) is 4.90. The van der Waals surface area contributed by atoms with Crippen molar-refractivity contribution in [3.8, 4) is 6.07 Å². The van der Waals surface area contributed by atoms with E-state index < -0.39 is 5.54 Å². The molecule has 0 aromatic heterocycles. The molecule has 0 aliphatic heterocycles. The average Bonchev–Trinajstić information content (AvgIpc) is 3.11. The van der Waals surface area contributed by atoms with Gasteiger partial charge in [-0.3, -0.25) is 14.5 Å². The molecule has 1 atom stereocenters. The summed E-state index contributed by atoms with van der Waals surface area (Å²) in [5.74, 6) is -0.0132. The van der Waals surface area contributed by atoms with Crippen molar-refractivity contribution < 1.29 is 9.59 Å². The third kappa shape index (κ3) is 4.52. The maximum absolute atomic E-state index is 11.9. The molecule has 0 heterocycles. The van der Waals surface area contributed by atoms with Crippen LogP contribution in [0.15, 0.2) is 0 Å². The lowest BCUT2D eigenvalue weighted by atomic mass is 9.98. The molecule has 1 N–H and O–H groups in total. The number of nitrogens with zero attached hydrogens (tertiary/aromatic N) is 3. The highest BCUT2D eigenvalue weighted by Gasteiger charge is 2.43. The Balaban J connectivity index is 2.42. The van der Waals surface area contributed by atoms with Gasteiger partial charge >= 0.3 is 0 Å². The first kappa shape index (κ1) is 15.4. The van der Waals surface area contributed by atoms with Gasteiger partial charge in [0.2, 0.25) is 11.8 Å². The molecule has 6 nitrogen and oxygen atoms in total. The van der Waals surface area contributed by atoms with E-state index in [9.17, 15) is 9.59 Å². The molecule has 0 bridgehead atoms. The van der Waals surface area contributed by atoms with E-state index in [0.717, 1.165) is 12.8 Å². The van der Waals surface area contributed by atoms with Gasteiger partial charge in [-0.05, 0) is 32.7 Å². The van der Waals surface area contributed by atoms with Crippen molar-refractivity contribution in [3.63, 3.8) is 0 Å². The summed E-state index contributed by atoms with van der Waals surface area (Å²) in [5, 5.41) is 11.9. The second-order valence-electron chi connectivity index (χ2n) is 5.60. The fourth-order valence-corrected chi connectivity index (χ4v) is 1.88. The molecule has 0 radical (unpaired) electrons. The lowest BCUT2D eigenvalue weighted by molar-refractivity contribution is -0.130. The van der Waals surface area contributed by atoms with Crippen LogP contribution in [0, 0.1) is 17.2 Å². The van der Waals surface area contributed by atoms with Crippen LogP contribution in [0.1, 0.15) is 19.8 Å². The van der Waals surface area contributed by atoms with Crippen molar-refractivity contribution in [2.45, 2.75) is 25.3 Å². The van der Waals surface area contributed by atoms with Crippen LogP contribution in [0.5, 0.6) is 0 Å². The summed E-state index contributed by atoms with van der Waals surface area (Å²) in [6.45, 7) is 2.06. The van der Waals surface area contributed by atoms with Crippen molar-refractivity contribution in [3.05, 3.63) is 0 Å². The van der Waals surface area contributed by atoms with E-state index in [1.165, 1.54) is 4.90 Å². The lowest BCUT2D eigenvalue weighted by Crippen LogP contribution is -2.50. The zero-order valence-electron chi connectivity index (χ0n) is 12.1. The van der Waals surface area contributed by atoms with E-state index in [1.807, 2.05) is 0 Å². The fraction of sp³-hybridized carbons (Fsp3) is 0.769. The first-order valence-electron chi connectivity index (χ1n) is 6.39. The normalized spacial score (nSPS) is 17.5. The van der Waals surface area contributed by atoms with Gasteiger partial charge in [0, 0.05) is 14.1 Å².